The SMILES string of the molecule is C.CC.CC.CC.CC(C)(CCc1ccccc1)C(c1cc(-c2cc(F)ccc2F)c[nH]1)N(CCCN)C(=O)CS.NCCCCCNC=O. The molecule has 7 nitrogen and oxygen atoms in total. The summed E-state index contributed by atoms with van der Waals surface area (Å²) in [6.45, 7) is 18.7. The second-order valence-corrected chi connectivity index (χ2v) is 11.5. The number of aryl methyl sites for hydroxylation is 1. The van der Waals surface area contributed by atoms with Crippen molar-refractivity contribution in [3.63, 3.8) is 0 Å². The van der Waals surface area contributed by atoms with E-state index in [0.29, 0.717) is 25.1 Å². The van der Waals surface area contributed by atoms with E-state index in [1.54, 1.807) is 6.20 Å². The summed E-state index contributed by atoms with van der Waals surface area (Å²) >= 11 is 4.25. The third-order valence-corrected chi connectivity index (χ3v) is 7.63. The van der Waals surface area contributed by atoms with Crippen molar-refractivity contribution in [3.8, 4) is 11.1 Å². The summed E-state index contributed by atoms with van der Waals surface area (Å²) in [5.41, 5.74) is 13.4. The number of unbranched alkanes of at least 4 members (excludes halogenated alkanes) is 2. The average Bonchev–Trinajstić information content (AvgIpc) is 3.62. The largest absolute Gasteiger partial charge is 0.363 e. The highest BCUT2D eigenvalue weighted by atomic mass is 32.1. The molecule has 0 aliphatic rings. The zero-order valence-corrected chi connectivity index (χ0v) is 32.2. The number of hydrogen-bond acceptors (Lipinski definition) is 5. The fourth-order valence-electron chi connectivity index (χ4n) is 5.06. The molecule has 286 valence electrons. The summed E-state index contributed by atoms with van der Waals surface area (Å²) in [4.78, 5) is 27.8. The van der Waals surface area contributed by atoms with Crippen molar-refractivity contribution in [1.29, 1.82) is 0 Å². The maximum atomic E-state index is 14.4. The number of nitrogens with one attached hydrogen (secondary N) is 2. The lowest BCUT2D eigenvalue weighted by Crippen LogP contribution is -2.44. The van der Waals surface area contributed by atoms with Crippen molar-refractivity contribution < 1.29 is 18.4 Å². The van der Waals surface area contributed by atoms with Gasteiger partial charge in [-0.1, -0.05) is 99.6 Å². The number of amides is 2. The number of rotatable bonds is 17. The van der Waals surface area contributed by atoms with E-state index in [1.807, 2.05) is 70.7 Å². The molecule has 2 aromatic carbocycles. The first-order valence-electron chi connectivity index (χ1n) is 17.8. The van der Waals surface area contributed by atoms with E-state index >= 15 is 0 Å². The maximum absolute atomic E-state index is 14.4. The molecule has 1 aromatic heterocycles. The maximum Gasteiger partial charge on any atom is 0.232 e. The van der Waals surface area contributed by atoms with E-state index in [0.717, 1.165) is 69.4 Å². The van der Waals surface area contributed by atoms with Crippen LogP contribution in [-0.2, 0) is 16.0 Å². The lowest BCUT2D eigenvalue weighted by molar-refractivity contribution is -0.134. The summed E-state index contributed by atoms with van der Waals surface area (Å²) in [6.07, 6.45) is 7.90. The van der Waals surface area contributed by atoms with Gasteiger partial charge in [0, 0.05) is 36.1 Å². The van der Waals surface area contributed by atoms with E-state index in [-0.39, 0.29) is 36.1 Å². The Hall–Kier alpha value is -3.21. The number of carbonyl (C=O) groups excluding carboxylic acids is 2. The van der Waals surface area contributed by atoms with Crippen molar-refractivity contribution in [2.75, 3.05) is 31.9 Å². The van der Waals surface area contributed by atoms with Crippen LogP contribution in [0.5, 0.6) is 0 Å². The predicted molar refractivity (Wildman–Crippen MR) is 214 cm³/mol. The zero-order chi connectivity index (χ0) is 37.7. The smallest absolute Gasteiger partial charge is 0.232 e. The van der Waals surface area contributed by atoms with Crippen LogP contribution in [0.15, 0.2) is 60.8 Å². The van der Waals surface area contributed by atoms with Gasteiger partial charge in [0.2, 0.25) is 12.3 Å². The number of aromatic nitrogens is 1. The summed E-state index contributed by atoms with van der Waals surface area (Å²) in [6, 6.07) is 15.1. The first-order valence-corrected chi connectivity index (χ1v) is 18.5. The van der Waals surface area contributed by atoms with Crippen LogP contribution < -0.4 is 16.8 Å². The molecule has 1 atom stereocenters. The third-order valence-electron chi connectivity index (χ3n) is 7.36. The minimum absolute atomic E-state index is 0. The Morgan fingerprint density at radius 3 is 2.12 bits per heavy atom. The van der Waals surface area contributed by atoms with Crippen LogP contribution in [0.2, 0.25) is 0 Å². The number of hydrogen-bond donors (Lipinski definition) is 5. The second-order valence-electron chi connectivity index (χ2n) is 11.2. The Kier molecular flexibility index (Phi) is 32.5. The van der Waals surface area contributed by atoms with Crippen LogP contribution in [0.25, 0.3) is 11.1 Å². The van der Waals surface area contributed by atoms with Gasteiger partial charge in [-0.25, -0.2) is 8.78 Å². The Bertz CT molecular complexity index is 1240. The summed E-state index contributed by atoms with van der Waals surface area (Å²) < 4.78 is 28.3. The molecule has 0 saturated carbocycles. The first kappa shape index (κ1) is 51.2. The van der Waals surface area contributed by atoms with Gasteiger partial charge in [0.05, 0.1) is 11.8 Å². The molecule has 10 heteroatoms. The lowest BCUT2D eigenvalue weighted by atomic mass is 9.76. The predicted octanol–water partition coefficient (Wildman–Crippen LogP) is 9.34. The van der Waals surface area contributed by atoms with Crippen molar-refractivity contribution in [2.45, 2.75) is 107 Å². The molecular formula is C40H69F2N5O2S. The average molecular weight is 722 g/mol. The van der Waals surface area contributed by atoms with Gasteiger partial charge in [-0.3, -0.25) is 9.59 Å². The molecule has 0 bridgehead atoms. The number of nitrogens with zero attached hydrogens (tertiary/aromatic N) is 1. The molecule has 0 spiro atoms. The van der Waals surface area contributed by atoms with Crippen LogP contribution >= 0.6 is 12.6 Å². The summed E-state index contributed by atoms with van der Waals surface area (Å²) in [7, 11) is 0. The molecule has 2 amide bonds. The molecule has 0 aliphatic heterocycles. The highest BCUT2D eigenvalue weighted by Crippen LogP contribution is 2.43. The lowest BCUT2D eigenvalue weighted by Gasteiger charge is -2.42. The summed E-state index contributed by atoms with van der Waals surface area (Å²) in [5, 5.41) is 2.59. The molecule has 1 unspecified atom stereocenters. The number of thiol groups is 1. The van der Waals surface area contributed by atoms with Gasteiger partial charge in [0.15, 0.2) is 0 Å². The first-order chi connectivity index (χ1) is 23.7. The van der Waals surface area contributed by atoms with Crippen LogP contribution in [0, 0.1) is 17.0 Å². The van der Waals surface area contributed by atoms with E-state index in [9.17, 15) is 18.4 Å². The molecule has 1 heterocycles. The second kappa shape index (κ2) is 31.7. The third kappa shape index (κ3) is 19.3. The van der Waals surface area contributed by atoms with Crippen LogP contribution in [0.3, 0.4) is 0 Å². The van der Waals surface area contributed by atoms with Gasteiger partial charge in [-0.15, -0.1) is 0 Å². The van der Waals surface area contributed by atoms with E-state index in [2.05, 4.69) is 48.9 Å². The van der Waals surface area contributed by atoms with Crippen molar-refractivity contribution in [3.05, 3.63) is 83.7 Å². The number of aromatic amines is 1. The van der Waals surface area contributed by atoms with Crippen molar-refractivity contribution >= 4 is 24.9 Å². The molecule has 0 radical (unpaired) electrons. The fraction of sp³-hybridized carbons (Fsp3) is 0.550. The van der Waals surface area contributed by atoms with Gasteiger partial charge in [-0.05, 0) is 80.4 Å². The van der Waals surface area contributed by atoms with Crippen LogP contribution in [-0.4, -0.2) is 54.1 Å². The van der Waals surface area contributed by atoms with Crippen LogP contribution in [0.4, 0.5) is 8.78 Å². The zero-order valence-electron chi connectivity index (χ0n) is 31.3. The Morgan fingerprint density at radius 1 is 0.940 bits per heavy atom. The monoisotopic (exact) mass is 722 g/mol. The molecule has 0 aliphatic carbocycles. The Morgan fingerprint density at radius 2 is 1.56 bits per heavy atom. The van der Waals surface area contributed by atoms with Gasteiger partial charge in [0.25, 0.3) is 0 Å². The van der Waals surface area contributed by atoms with Gasteiger partial charge < -0.3 is 26.7 Å². The highest BCUT2D eigenvalue weighted by molar-refractivity contribution is 7.81. The minimum Gasteiger partial charge on any atom is -0.363 e. The summed E-state index contributed by atoms with van der Waals surface area (Å²) in [5.74, 6) is -1.03. The number of carbonyl (C=O) groups is 2. The normalized spacial score (nSPS) is 10.5. The van der Waals surface area contributed by atoms with Crippen molar-refractivity contribution in [2.24, 2.45) is 16.9 Å². The quantitative estimate of drug-likeness (QED) is 0.0543. The Labute approximate surface area is 308 Å². The Balaban J connectivity index is -0.00000118. The molecule has 3 aromatic rings. The fourth-order valence-corrected chi connectivity index (χ4v) is 5.24. The van der Waals surface area contributed by atoms with Crippen LogP contribution in [0.1, 0.15) is 112 Å². The number of H-pyrrole nitrogens is 1. The molecule has 0 fully saturated rings. The standard InChI is InChI=1S/C27H33F2N3OS.C6H14N2O.3C2H6.CH4/c1-27(2,12-11-19-7-4-3-5-8-19)26(32(14-6-13-30)25(33)18-34)24-15-20(17-31-24)22-16-21(28)9-10-23(22)29;7-4-2-1-3-5-8-6-9;3*1-2;/h3-5,7-10,15-17,26,31,34H,6,11-14,18,30H2,1-2H3;6H,1-5,7H2,(H,8,9);3*1-2H3;1H4. The van der Waals surface area contributed by atoms with Gasteiger partial charge in [0.1, 0.15) is 11.6 Å². The molecule has 50 heavy (non-hydrogen) atoms. The number of benzene rings is 2. The van der Waals surface area contributed by atoms with Gasteiger partial charge >= 0.3 is 0 Å². The topological polar surface area (TPSA) is 117 Å². The van der Waals surface area contributed by atoms with E-state index in [4.69, 9.17) is 11.5 Å². The van der Waals surface area contributed by atoms with E-state index < -0.39 is 11.6 Å². The number of nitrogens with two attached hydrogens (primary N) is 2. The molecular weight excluding hydrogens is 653 g/mol. The van der Waals surface area contributed by atoms with Gasteiger partial charge in [-0.2, -0.15) is 12.6 Å². The molecule has 0 saturated heterocycles. The number of halogens is 2. The molecule has 6 N–H and O–H groups in total. The highest BCUT2D eigenvalue weighted by Gasteiger charge is 2.38. The molecule has 3 rings (SSSR count). The van der Waals surface area contributed by atoms with E-state index in [1.165, 1.54) is 11.6 Å². The van der Waals surface area contributed by atoms with Crippen molar-refractivity contribution in [1.82, 2.24) is 15.2 Å². The minimum atomic E-state index is -0.506.